The molecule has 0 aromatic heterocycles. The fourth-order valence-electron chi connectivity index (χ4n) is 2.89. The smallest absolute Gasteiger partial charge is 0.239 e. The van der Waals surface area contributed by atoms with Crippen LogP contribution in [0, 0.1) is 19.8 Å². The topological polar surface area (TPSA) is 69.6 Å². The molecule has 1 aliphatic rings. The average molecular weight is 318 g/mol. The third kappa shape index (κ3) is 4.10. The van der Waals surface area contributed by atoms with Crippen LogP contribution in [0.15, 0.2) is 18.2 Å². The molecule has 0 saturated carbocycles. The minimum atomic E-state index is -0.604. The van der Waals surface area contributed by atoms with Crippen molar-refractivity contribution in [3.05, 3.63) is 29.3 Å². The van der Waals surface area contributed by atoms with E-state index in [1.807, 2.05) is 39.0 Å². The Bertz CT molecular complexity index is 586. The van der Waals surface area contributed by atoms with Gasteiger partial charge in [-0.3, -0.25) is 9.59 Å². The first-order valence-electron chi connectivity index (χ1n) is 8.24. The number of anilines is 1. The van der Waals surface area contributed by atoms with E-state index in [9.17, 15) is 9.59 Å². The van der Waals surface area contributed by atoms with Gasteiger partial charge in [0, 0.05) is 24.9 Å². The lowest BCUT2D eigenvalue weighted by atomic mass is 10.1. The van der Waals surface area contributed by atoms with E-state index in [1.54, 1.807) is 4.90 Å². The van der Waals surface area contributed by atoms with Crippen molar-refractivity contribution < 1.29 is 14.7 Å². The van der Waals surface area contributed by atoms with Gasteiger partial charge in [-0.05, 0) is 63.3 Å². The zero-order valence-electron chi connectivity index (χ0n) is 14.1. The van der Waals surface area contributed by atoms with Crippen molar-refractivity contribution in [2.24, 2.45) is 5.92 Å². The van der Waals surface area contributed by atoms with Crippen LogP contribution in [0.5, 0.6) is 0 Å². The third-order valence-electron chi connectivity index (χ3n) is 4.51. The van der Waals surface area contributed by atoms with Gasteiger partial charge in [0.25, 0.3) is 0 Å². The molecule has 0 aliphatic carbocycles. The fourth-order valence-corrected chi connectivity index (χ4v) is 2.89. The molecule has 1 aromatic carbocycles. The van der Waals surface area contributed by atoms with Crippen LogP contribution in [0.2, 0.25) is 0 Å². The highest BCUT2D eigenvalue weighted by Gasteiger charge is 2.37. The first-order chi connectivity index (χ1) is 10.9. The second kappa shape index (κ2) is 7.59. The summed E-state index contributed by atoms with van der Waals surface area (Å²) < 4.78 is 0. The van der Waals surface area contributed by atoms with Crippen LogP contribution in [0.4, 0.5) is 5.69 Å². The van der Waals surface area contributed by atoms with Crippen molar-refractivity contribution in [3.8, 4) is 0 Å². The van der Waals surface area contributed by atoms with Gasteiger partial charge in [0.15, 0.2) is 0 Å². The van der Waals surface area contributed by atoms with Gasteiger partial charge in [0.05, 0.1) is 0 Å². The molecule has 2 N–H and O–H groups in total. The second-order valence-corrected chi connectivity index (χ2v) is 6.38. The molecule has 0 radical (unpaired) electrons. The molecule has 1 aliphatic heterocycles. The molecular formula is C18H26N2O3. The Labute approximate surface area is 137 Å². The minimum Gasteiger partial charge on any atom is -0.396 e. The summed E-state index contributed by atoms with van der Waals surface area (Å²) >= 11 is 0. The van der Waals surface area contributed by atoms with E-state index in [0.717, 1.165) is 11.3 Å². The molecule has 0 bridgehead atoms. The zero-order valence-corrected chi connectivity index (χ0v) is 14.1. The normalized spacial score (nSPS) is 19.0. The number of aryl methyl sites for hydroxylation is 2. The molecular weight excluding hydrogens is 292 g/mol. The number of benzene rings is 1. The molecule has 2 unspecified atom stereocenters. The molecule has 0 spiro atoms. The lowest BCUT2D eigenvalue weighted by Gasteiger charge is -2.19. The van der Waals surface area contributed by atoms with E-state index in [-0.39, 0.29) is 24.5 Å². The zero-order chi connectivity index (χ0) is 17.0. The lowest BCUT2D eigenvalue weighted by molar-refractivity contribution is -0.132. The number of aliphatic hydroxyl groups excluding tert-OH is 1. The second-order valence-electron chi connectivity index (χ2n) is 6.38. The number of carbonyl (C=O) groups excluding carboxylic acids is 2. The average Bonchev–Trinajstić information content (AvgIpc) is 2.89. The molecule has 5 heteroatoms. The Hall–Kier alpha value is -1.88. The van der Waals surface area contributed by atoms with Gasteiger partial charge in [-0.2, -0.15) is 0 Å². The SMILES string of the molecule is Cc1ccc(N2CCC(C(=O)NC(C)CCCO)C2=O)cc1C. The highest BCUT2D eigenvalue weighted by molar-refractivity contribution is 6.09. The number of rotatable bonds is 6. The van der Waals surface area contributed by atoms with E-state index >= 15 is 0 Å². The molecule has 2 atom stereocenters. The Morgan fingerprint density at radius 3 is 2.78 bits per heavy atom. The van der Waals surface area contributed by atoms with Crippen molar-refractivity contribution in [3.63, 3.8) is 0 Å². The molecule has 1 aromatic rings. The minimum absolute atomic E-state index is 0.0295. The maximum atomic E-state index is 12.6. The number of hydrogen-bond donors (Lipinski definition) is 2. The van der Waals surface area contributed by atoms with Crippen LogP contribution < -0.4 is 10.2 Å². The number of amides is 2. The van der Waals surface area contributed by atoms with Crippen LogP contribution in [0.25, 0.3) is 0 Å². The summed E-state index contributed by atoms with van der Waals surface area (Å²) in [5, 5.41) is 11.7. The Morgan fingerprint density at radius 1 is 1.39 bits per heavy atom. The fraction of sp³-hybridized carbons (Fsp3) is 0.556. The van der Waals surface area contributed by atoms with Crippen molar-refractivity contribution >= 4 is 17.5 Å². The number of carbonyl (C=O) groups is 2. The van der Waals surface area contributed by atoms with Crippen molar-refractivity contribution in [1.29, 1.82) is 0 Å². The van der Waals surface area contributed by atoms with Gasteiger partial charge in [-0.15, -0.1) is 0 Å². The van der Waals surface area contributed by atoms with Gasteiger partial charge in [0.2, 0.25) is 11.8 Å². The Kier molecular flexibility index (Phi) is 5.77. The van der Waals surface area contributed by atoms with E-state index in [2.05, 4.69) is 5.32 Å². The van der Waals surface area contributed by atoms with Crippen LogP contribution in [0.3, 0.4) is 0 Å². The number of nitrogens with zero attached hydrogens (tertiary/aromatic N) is 1. The summed E-state index contributed by atoms with van der Waals surface area (Å²) in [6.07, 6.45) is 1.91. The summed E-state index contributed by atoms with van der Waals surface area (Å²) in [5.74, 6) is -0.930. The third-order valence-corrected chi connectivity index (χ3v) is 4.51. The molecule has 1 saturated heterocycles. The summed E-state index contributed by atoms with van der Waals surface area (Å²) in [7, 11) is 0. The first kappa shape index (κ1) is 17.5. The van der Waals surface area contributed by atoms with E-state index < -0.39 is 5.92 Å². The van der Waals surface area contributed by atoms with E-state index in [0.29, 0.717) is 25.8 Å². The molecule has 1 fully saturated rings. The van der Waals surface area contributed by atoms with Crippen molar-refractivity contribution in [2.75, 3.05) is 18.1 Å². The maximum Gasteiger partial charge on any atom is 0.239 e. The maximum absolute atomic E-state index is 12.6. The standard InChI is InChI=1S/C18H26N2O3/c1-12-6-7-15(11-13(12)2)20-9-8-16(18(20)23)17(22)19-14(3)5-4-10-21/h6-7,11,14,16,21H,4-5,8-10H2,1-3H3,(H,19,22). The molecule has 2 rings (SSSR count). The predicted octanol–water partition coefficient (Wildman–Crippen LogP) is 1.93. The quantitative estimate of drug-likeness (QED) is 0.788. The van der Waals surface area contributed by atoms with Crippen LogP contribution >= 0.6 is 0 Å². The molecule has 2 amide bonds. The number of nitrogens with one attached hydrogen (secondary N) is 1. The summed E-state index contributed by atoms with van der Waals surface area (Å²) in [4.78, 5) is 26.6. The van der Waals surface area contributed by atoms with E-state index in [4.69, 9.17) is 5.11 Å². The van der Waals surface area contributed by atoms with Crippen LogP contribution in [0.1, 0.15) is 37.3 Å². The van der Waals surface area contributed by atoms with Crippen molar-refractivity contribution in [2.45, 2.75) is 46.1 Å². The highest BCUT2D eigenvalue weighted by atomic mass is 16.3. The number of hydrogen-bond acceptors (Lipinski definition) is 3. The van der Waals surface area contributed by atoms with Crippen molar-refractivity contribution in [1.82, 2.24) is 5.32 Å². The summed E-state index contributed by atoms with van der Waals surface area (Å²) in [6.45, 7) is 6.64. The molecule has 23 heavy (non-hydrogen) atoms. The van der Waals surface area contributed by atoms with Crippen LogP contribution in [-0.4, -0.2) is 36.1 Å². The first-order valence-corrected chi connectivity index (χ1v) is 8.24. The largest absolute Gasteiger partial charge is 0.396 e. The molecule has 1 heterocycles. The van der Waals surface area contributed by atoms with Gasteiger partial charge in [-0.25, -0.2) is 0 Å². The Morgan fingerprint density at radius 2 is 2.13 bits per heavy atom. The number of aliphatic hydroxyl groups is 1. The van der Waals surface area contributed by atoms with E-state index in [1.165, 1.54) is 5.56 Å². The van der Waals surface area contributed by atoms with Gasteiger partial charge < -0.3 is 15.3 Å². The summed E-state index contributed by atoms with van der Waals surface area (Å²) in [5.41, 5.74) is 3.19. The lowest BCUT2D eigenvalue weighted by Crippen LogP contribution is -2.41. The molecule has 5 nitrogen and oxygen atoms in total. The highest BCUT2D eigenvalue weighted by Crippen LogP contribution is 2.27. The van der Waals surface area contributed by atoms with Crippen LogP contribution in [-0.2, 0) is 9.59 Å². The Balaban J connectivity index is 2.00. The van der Waals surface area contributed by atoms with Gasteiger partial charge in [-0.1, -0.05) is 6.07 Å². The summed E-state index contributed by atoms with van der Waals surface area (Å²) in [6, 6.07) is 5.91. The van der Waals surface area contributed by atoms with Gasteiger partial charge >= 0.3 is 0 Å². The van der Waals surface area contributed by atoms with Gasteiger partial charge in [0.1, 0.15) is 5.92 Å². The predicted molar refractivity (Wildman–Crippen MR) is 90.3 cm³/mol. The monoisotopic (exact) mass is 318 g/mol. The molecule has 126 valence electrons.